The number of hydrogen-bond donors (Lipinski definition) is 0. The number of aryl methyl sites for hydroxylation is 2. The van der Waals surface area contributed by atoms with Crippen LogP contribution in [0.1, 0.15) is 49.1 Å². The quantitative estimate of drug-likeness (QED) is 0.578. The van der Waals surface area contributed by atoms with Crippen molar-refractivity contribution in [2.24, 2.45) is 0 Å². The summed E-state index contributed by atoms with van der Waals surface area (Å²) in [4.78, 5) is 4.94. The molecule has 1 fully saturated rings. The standard InChI is InChI=1S/C23H27N3O3S/c1-3-5-18-8-10-21(11-9-18)30(27,28)26-14-12-19(13-15-26)22-24-23(29-25-22)20-7-4-6-17(2)16-20/h4,6-11,16,19H,3,5,12-15H2,1-2H3. The van der Waals surface area contributed by atoms with Gasteiger partial charge in [0.15, 0.2) is 5.82 Å². The van der Waals surface area contributed by atoms with Crippen LogP contribution < -0.4 is 0 Å². The van der Waals surface area contributed by atoms with Gasteiger partial charge in [-0.3, -0.25) is 0 Å². The molecule has 2 aromatic carbocycles. The number of rotatable bonds is 6. The summed E-state index contributed by atoms with van der Waals surface area (Å²) >= 11 is 0. The third-order valence-corrected chi connectivity index (χ3v) is 7.54. The van der Waals surface area contributed by atoms with Gasteiger partial charge < -0.3 is 4.52 Å². The van der Waals surface area contributed by atoms with Gasteiger partial charge in [-0.15, -0.1) is 0 Å². The Kier molecular flexibility index (Phi) is 6.01. The summed E-state index contributed by atoms with van der Waals surface area (Å²) in [5.41, 5.74) is 3.20. The molecule has 0 bridgehead atoms. The monoisotopic (exact) mass is 425 g/mol. The van der Waals surface area contributed by atoms with Gasteiger partial charge in [0, 0.05) is 24.6 Å². The van der Waals surface area contributed by atoms with E-state index in [2.05, 4.69) is 17.1 Å². The van der Waals surface area contributed by atoms with Gasteiger partial charge in [-0.1, -0.05) is 48.3 Å². The molecule has 158 valence electrons. The van der Waals surface area contributed by atoms with Crippen LogP contribution in [0, 0.1) is 6.92 Å². The van der Waals surface area contributed by atoms with Crippen molar-refractivity contribution in [1.29, 1.82) is 0 Å². The maximum absolute atomic E-state index is 13.0. The van der Waals surface area contributed by atoms with Gasteiger partial charge >= 0.3 is 0 Å². The molecule has 1 saturated heterocycles. The predicted molar refractivity (Wildman–Crippen MR) is 116 cm³/mol. The third-order valence-electron chi connectivity index (χ3n) is 5.63. The molecule has 1 aromatic heterocycles. The minimum atomic E-state index is -3.47. The molecule has 1 aliphatic heterocycles. The molecule has 0 radical (unpaired) electrons. The fourth-order valence-electron chi connectivity index (χ4n) is 3.92. The molecule has 1 aliphatic rings. The third kappa shape index (κ3) is 4.32. The maximum atomic E-state index is 13.0. The lowest BCUT2D eigenvalue weighted by molar-refractivity contribution is 0.307. The SMILES string of the molecule is CCCc1ccc(S(=O)(=O)N2CCC(c3noc(-c4cccc(C)c4)n3)CC2)cc1. The largest absolute Gasteiger partial charge is 0.334 e. The van der Waals surface area contributed by atoms with Crippen LogP contribution in [0.15, 0.2) is 57.9 Å². The summed E-state index contributed by atoms with van der Waals surface area (Å²) in [6, 6.07) is 15.2. The van der Waals surface area contributed by atoms with E-state index in [9.17, 15) is 8.42 Å². The van der Waals surface area contributed by atoms with Crippen molar-refractivity contribution in [3.8, 4) is 11.5 Å². The number of sulfonamides is 1. The molecule has 0 atom stereocenters. The van der Waals surface area contributed by atoms with Crippen molar-refractivity contribution in [2.45, 2.75) is 50.3 Å². The van der Waals surface area contributed by atoms with E-state index in [0.717, 1.165) is 29.5 Å². The van der Waals surface area contributed by atoms with E-state index < -0.39 is 10.0 Å². The highest BCUT2D eigenvalue weighted by atomic mass is 32.2. The average Bonchev–Trinajstić information content (AvgIpc) is 3.25. The average molecular weight is 426 g/mol. The molecule has 0 saturated carbocycles. The Morgan fingerprint density at radius 2 is 1.83 bits per heavy atom. The Bertz CT molecular complexity index is 1100. The minimum absolute atomic E-state index is 0.102. The lowest BCUT2D eigenvalue weighted by Crippen LogP contribution is -2.38. The van der Waals surface area contributed by atoms with Crippen LogP contribution in [0.4, 0.5) is 0 Å². The molecule has 2 heterocycles. The number of aromatic nitrogens is 2. The highest BCUT2D eigenvalue weighted by Crippen LogP contribution is 2.30. The smallest absolute Gasteiger partial charge is 0.257 e. The van der Waals surface area contributed by atoms with Gasteiger partial charge in [0.2, 0.25) is 10.0 Å². The Hall–Kier alpha value is -2.51. The molecule has 30 heavy (non-hydrogen) atoms. The molecule has 0 aliphatic carbocycles. The molecule has 0 N–H and O–H groups in total. The Balaban J connectivity index is 1.42. The molecular weight excluding hydrogens is 398 g/mol. The van der Waals surface area contributed by atoms with E-state index in [-0.39, 0.29) is 5.92 Å². The first-order valence-electron chi connectivity index (χ1n) is 10.5. The number of hydrogen-bond acceptors (Lipinski definition) is 5. The molecule has 4 rings (SSSR count). The lowest BCUT2D eigenvalue weighted by atomic mass is 9.97. The zero-order valence-corrected chi connectivity index (χ0v) is 18.2. The van der Waals surface area contributed by atoms with Crippen molar-refractivity contribution < 1.29 is 12.9 Å². The maximum Gasteiger partial charge on any atom is 0.257 e. The van der Waals surface area contributed by atoms with Crippen molar-refractivity contribution in [1.82, 2.24) is 14.4 Å². The van der Waals surface area contributed by atoms with Gasteiger partial charge in [-0.25, -0.2) is 8.42 Å². The molecule has 0 amide bonds. The van der Waals surface area contributed by atoms with E-state index in [1.165, 1.54) is 0 Å². The van der Waals surface area contributed by atoms with Gasteiger partial charge in [-0.05, 0) is 56.0 Å². The molecular formula is C23H27N3O3S. The normalized spacial score (nSPS) is 16.1. The second-order valence-electron chi connectivity index (χ2n) is 7.90. The number of nitrogens with zero attached hydrogens (tertiary/aromatic N) is 3. The van der Waals surface area contributed by atoms with Crippen LogP contribution in [0.25, 0.3) is 11.5 Å². The highest BCUT2D eigenvalue weighted by Gasteiger charge is 2.31. The zero-order valence-electron chi connectivity index (χ0n) is 17.4. The summed E-state index contributed by atoms with van der Waals surface area (Å²) in [5.74, 6) is 1.27. The lowest BCUT2D eigenvalue weighted by Gasteiger charge is -2.29. The zero-order chi connectivity index (χ0) is 21.1. The second kappa shape index (κ2) is 8.70. The molecule has 0 spiro atoms. The Labute approximate surface area is 178 Å². The Morgan fingerprint density at radius 1 is 1.10 bits per heavy atom. The molecule has 6 nitrogen and oxygen atoms in total. The van der Waals surface area contributed by atoms with Crippen LogP contribution in [-0.4, -0.2) is 36.0 Å². The molecule has 0 unspecified atom stereocenters. The van der Waals surface area contributed by atoms with Crippen molar-refractivity contribution in [3.05, 3.63) is 65.5 Å². The molecule has 7 heteroatoms. The van der Waals surface area contributed by atoms with E-state index in [4.69, 9.17) is 4.52 Å². The van der Waals surface area contributed by atoms with Gasteiger partial charge in [-0.2, -0.15) is 9.29 Å². The van der Waals surface area contributed by atoms with Crippen LogP contribution >= 0.6 is 0 Å². The summed E-state index contributed by atoms with van der Waals surface area (Å²) in [6.07, 6.45) is 3.36. The first kappa shape index (κ1) is 20.8. The number of piperidine rings is 1. The van der Waals surface area contributed by atoms with Crippen molar-refractivity contribution in [2.75, 3.05) is 13.1 Å². The second-order valence-corrected chi connectivity index (χ2v) is 9.84. The van der Waals surface area contributed by atoms with Crippen molar-refractivity contribution in [3.63, 3.8) is 0 Å². The summed E-state index contributed by atoms with van der Waals surface area (Å²) in [7, 11) is -3.47. The Morgan fingerprint density at radius 3 is 2.50 bits per heavy atom. The highest BCUT2D eigenvalue weighted by molar-refractivity contribution is 7.89. The first-order valence-corrected chi connectivity index (χ1v) is 11.9. The fourth-order valence-corrected chi connectivity index (χ4v) is 5.39. The van der Waals surface area contributed by atoms with E-state index in [0.29, 0.717) is 42.5 Å². The van der Waals surface area contributed by atoms with Gasteiger partial charge in [0.05, 0.1) is 4.90 Å². The van der Waals surface area contributed by atoms with Crippen molar-refractivity contribution >= 4 is 10.0 Å². The summed E-state index contributed by atoms with van der Waals surface area (Å²) in [6.45, 7) is 5.05. The van der Waals surface area contributed by atoms with Crippen LogP contribution in [0.3, 0.4) is 0 Å². The fraction of sp³-hybridized carbons (Fsp3) is 0.391. The topological polar surface area (TPSA) is 76.3 Å². The van der Waals surface area contributed by atoms with E-state index in [1.807, 2.05) is 43.3 Å². The van der Waals surface area contributed by atoms with Crippen LogP contribution in [-0.2, 0) is 16.4 Å². The summed E-state index contributed by atoms with van der Waals surface area (Å²) in [5, 5.41) is 4.16. The minimum Gasteiger partial charge on any atom is -0.334 e. The van der Waals surface area contributed by atoms with E-state index >= 15 is 0 Å². The van der Waals surface area contributed by atoms with Gasteiger partial charge in [0.1, 0.15) is 0 Å². The summed E-state index contributed by atoms with van der Waals surface area (Å²) < 4.78 is 33.0. The first-order chi connectivity index (χ1) is 14.5. The predicted octanol–water partition coefficient (Wildman–Crippen LogP) is 4.57. The van der Waals surface area contributed by atoms with E-state index in [1.54, 1.807) is 16.4 Å². The van der Waals surface area contributed by atoms with Crippen LogP contribution in [0.2, 0.25) is 0 Å². The van der Waals surface area contributed by atoms with Crippen LogP contribution in [0.5, 0.6) is 0 Å². The van der Waals surface area contributed by atoms with Gasteiger partial charge in [0.25, 0.3) is 5.89 Å². The number of benzene rings is 2. The molecule has 3 aromatic rings.